The maximum absolute atomic E-state index is 10.8. The fourth-order valence-electron chi connectivity index (χ4n) is 0.937. The van der Waals surface area contributed by atoms with Gasteiger partial charge in [-0.2, -0.15) is 0 Å². The van der Waals surface area contributed by atoms with Gasteiger partial charge in [0.05, 0.1) is 0 Å². The highest BCUT2D eigenvalue weighted by molar-refractivity contribution is 5.84. The molecule has 2 nitrogen and oxygen atoms in total. The van der Waals surface area contributed by atoms with Gasteiger partial charge in [-0.15, -0.1) is 0 Å². The van der Waals surface area contributed by atoms with Crippen LogP contribution >= 0.6 is 0 Å². The lowest BCUT2D eigenvalue weighted by molar-refractivity contribution is -0.123. The average Bonchev–Trinajstić information content (AvgIpc) is 1.60. The molecule has 2 heteroatoms. The number of Topliss-reactive ketones (excluding diaryl/α,β-unsaturated/α-hetero) is 1. The fourth-order valence-corrected chi connectivity index (χ4v) is 0.937. The number of hydrogen-bond acceptors (Lipinski definition) is 1. The predicted octanol–water partition coefficient (Wildman–Crippen LogP) is 1.27. The fraction of sp³-hybridized carbons (Fsp3) is 0.714. The van der Waals surface area contributed by atoms with Crippen LogP contribution in [-0.4, -0.2) is 12.3 Å². The molecule has 0 atom stereocenters. The zero-order valence-electron chi connectivity index (χ0n) is 5.26. The molecule has 0 aromatic carbocycles. The smallest absolute Gasteiger partial charge is 0.272 e. The number of ketones is 1. The van der Waals surface area contributed by atoms with Crippen LogP contribution in [0.4, 0.5) is 0 Å². The van der Waals surface area contributed by atoms with Gasteiger partial charge < -0.3 is 4.85 Å². The van der Waals surface area contributed by atoms with E-state index in [4.69, 9.17) is 6.57 Å². The summed E-state index contributed by atoms with van der Waals surface area (Å²) >= 11 is 0. The summed E-state index contributed by atoms with van der Waals surface area (Å²) in [5.74, 6) is 0.398. The van der Waals surface area contributed by atoms with Gasteiger partial charge in [-0.05, 0) is 12.8 Å². The van der Waals surface area contributed by atoms with E-state index < -0.39 is 0 Å². The Morgan fingerprint density at radius 3 is 2.67 bits per heavy atom. The number of carbonyl (C=O) groups excluding carboxylic acids is 1. The van der Waals surface area contributed by atoms with Gasteiger partial charge in [-0.25, -0.2) is 6.57 Å². The molecular weight excluding hydrogens is 114 g/mol. The zero-order chi connectivity index (χ0) is 6.69. The SMILES string of the molecule is [C-]#[N+]CC(=O)C1CCC1. The first-order valence-corrected chi connectivity index (χ1v) is 3.20. The maximum atomic E-state index is 10.8. The Morgan fingerprint density at radius 2 is 2.33 bits per heavy atom. The van der Waals surface area contributed by atoms with Crippen LogP contribution in [0.3, 0.4) is 0 Å². The van der Waals surface area contributed by atoms with Gasteiger partial charge in [0.25, 0.3) is 6.54 Å². The molecule has 0 aromatic rings. The van der Waals surface area contributed by atoms with Gasteiger partial charge in [0.15, 0.2) is 0 Å². The molecule has 1 saturated carbocycles. The Bertz CT molecular complexity index is 153. The molecule has 0 unspecified atom stereocenters. The van der Waals surface area contributed by atoms with Crippen LogP contribution < -0.4 is 0 Å². The summed E-state index contributed by atoms with van der Waals surface area (Å²) in [6, 6.07) is 0. The molecule has 9 heavy (non-hydrogen) atoms. The first-order valence-electron chi connectivity index (χ1n) is 3.20. The van der Waals surface area contributed by atoms with Crippen LogP contribution in [0, 0.1) is 12.5 Å². The molecule has 1 aliphatic carbocycles. The van der Waals surface area contributed by atoms with Gasteiger partial charge in [0.2, 0.25) is 5.78 Å². The molecule has 0 aliphatic heterocycles. The Balaban J connectivity index is 2.26. The van der Waals surface area contributed by atoms with E-state index in [1.54, 1.807) is 0 Å². The van der Waals surface area contributed by atoms with E-state index in [2.05, 4.69) is 4.85 Å². The minimum Gasteiger partial charge on any atom is -0.309 e. The Morgan fingerprint density at radius 1 is 1.67 bits per heavy atom. The minimum absolute atomic E-state index is 0.102. The molecule has 0 heterocycles. The molecule has 1 aliphatic rings. The van der Waals surface area contributed by atoms with Crippen molar-refractivity contribution in [3.8, 4) is 0 Å². The minimum atomic E-state index is 0.102. The number of carbonyl (C=O) groups is 1. The van der Waals surface area contributed by atoms with Gasteiger partial charge in [0, 0.05) is 5.92 Å². The topological polar surface area (TPSA) is 21.4 Å². The Labute approximate surface area is 54.7 Å². The summed E-state index contributed by atoms with van der Waals surface area (Å²) in [5, 5.41) is 0. The van der Waals surface area contributed by atoms with Gasteiger partial charge >= 0.3 is 0 Å². The molecule has 0 bridgehead atoms. The molecule has 0 radical (unpaired) electrons. The number of nitrogens with zero attached hydrogens (tertiary/aromatic N) is 1. The Kier molecular flexibility index (Phi) is 1.84. The zero-order valence-corrected chi connectivity index (χ0v) is 5.26. The largest absolute Gasteiger partial charge is 0.309 e. The second-order valence-electron chi connectivity index (χ2n) is 2.41. The Hall–Kier alpha value is -0.840. The highest BCUT2D eigenvalue weighted by Crippen LogP contribution is 2.26. The standard InChI is InChI=1S/C7H9NO/c1-8-5-7(9)6-3-2-4-6/h6H,2-5H2. The summed E-state index contributed by atoms with van der Waals surface area (Å²) in [4.78, 5) is 13.9. The van der Waals surface area contributed by atoms with Crippen molar-refractivity contribution in [2.45, 2.75) is 19.3 Å². The first-order chi connectivity index (χ1) is 4.34. The summed E-state index contributed by atoms with van der Waals surface area (Å²) in [6.07, 6.45) is 3.22. The molecule has 0 spiro atoms. The van der Waals surface area contributed by atoms with Crippen molar-refractivity contribution in [3.63, 3.8) is 0 Å². The second-order valence-corrected chi connectivity index (χ2v) is 2.41. The number of rotatable bonds is 2. The lowest BCUT2D eigenvalue weighted by Gasteiger charge is -2.21. The van der Waals surface area contributed by atoms with Crippen molar-refractivity contribution in [1.29, 1.82) is 0 Å². The van der Waals surface area contributed by atoms with Gasteiger partial charge in [-0.3, -0.25) is 4.79 Å². The molecule has 48 valence electrons. The second kappa shape index (κ2) is 2.63. The average molecular weight is 123 g/mol. The monoisotopic (exact) mass is 123 g/mol. The molecule has 0 amide bonds. The van der Waals surface area contributed by atoms with E-state index in [-0.39, 0.29) is 18.2 Å². The third-order valence-corrected chi connectivity index (χ3v) is 1.80. The highest BCUT2D eigenvalue weighted by atomic mass is 16.1. The summed E-state index contributed by atoms with van der Waals surface area (Å²) in [6.45, 7) is 6.53. The van der Waals surface area contributed by atoms with Crippen molar-refractivity contribution in [2.75, 3.05) is 6.54 Å². The summed E-state index contributed by atoms with van der Waals surface area (Å²) in [7, 11) is 0. The van der Waals surface area contributed by atoms with Crippen molar-refractivity contribution >= 4 is 5.78 Å². The first kappa shape index (κ1) is 6.28. The van der Waals surface area contributed by atoms with E-state index >= 15 is 0 Å². The highest BCUT2D eigenvalue weighted by Gasteiger charge is 2.26. The lowest BCUT2D eigenvalue weighted by Crippen LogP contribution is -2.23. The molecule has 1 fully saturated rings. The van der Waals surface area contributed by atoms with Gasteiger partial charge in [-0.1, -0.05) is 6.42 Å². The third kappa shape index (κ3) is 1.29. The molecule has 0 aromatic heterocycles. The van der Waals surface area contributed by atoms with Crippen LogP contribution in [-0.2, 0) is 4.79 Å². The van der Waals surface area contributed by atoms with Crippen molar-refractivity contribution in [1.82, 2.24) is 0 Å². The molecule has 0 N–H and O–H groups in total. The van der Waals surface area contributed by atoms with E-state index in [0.29, 0.717) is 0 Å². The van der Waals surface area contributed by atoms with Crippen LogP contribution in [0.5, 0.6) is 0 Å². The van der Waals surface area contributed by atoms with Crippen LogP contribution in [0.25, 0.3) is 4.85 Å². The van der Waals surface area contributed by atoms with E-state index in [1.807, 2.05) is 0 Å². The van der Waals surface area contributed by atoms with Crippen molar-refractivity contribution in [2.24, 2.45) is 5.92 Å². The quantitative estimate of drug-likeness (QED) is 0.507. The van der Waals surface area contributed by atoms with Crippen LogP contribution in [0.2, 0.25) is 0 Å². The maximum Gasteiger partial charge on any atom is 0.272 e. The lowest BCUT2D eigenvalue weighted by atomic mass is 9.82. The van der Waals surface area contributed by atoms with E-state index in [0.717, 1.165) is 12.8 Å². The third-order valence-electron chi connectivity index (χ3n) is 1.80. The summed E-state index contributed by atoms with van der Waals surface area (Å²) < 4.78 is 0. The normalized spacial score (nSPS) is 18.1. The molecular formula is C7H9NO. The van der Waals surface area contributed by atoms with Crippen molar-refractivity contribution in [3.05, 3.63) is 11.4 Å². The number of hydrogen-bond donors (Lipinski definition) is 0. The summed E-state index contributed by atoms with van der Waals surface area (Å²) in [5.41, 5.74) is 0. The van der Waals surface area contributed by atoms with Crippen molar-refractivity contribution < 1.29 is 4.79 Å². The van der Waals surface area contributed by atoms with Crippen LogP contribution in [0.1, 0.15) is 19.3 Å². The van der Waals surface area contributed by atoms with Crippen LogP contribution in [0.15, 0.2) is 0 Å². The van der Waals surface area contributed by atoms with E-state index in [9.17, 15) is 4.79 Å². The molecule has 0 saturated heterocycles. The molecule has 1 rings (SSSR count). The predicted molar refractivity (Wildman–Crippen MR) is 33.8 cm³/mol. The van der Waals surface area contributed by atoms with Gasteiger partial charge in [0.1, 0.15) is 0 Å². The van der Waals surface area contributed by atoms with E-state index in [1.165, 1.54) is 6.42 Å².